The minimum Gasteiger partial charge on any atom is -0.480 e. The monoisotopic (exact) mass is 320 g/mol. The van der Waals surface area contributed by atoms with E-state index in [1.165, 1.54) is 6.42 Å². The van der Waals surface area contributed by atoms with Gasteiger partial charge in [0, 0.05) is 12.6 Å². The van der Waals surface area contributed by atoms with Crippen molar-refractivity contribution in [2.24, 2.45) is 0 Å². The average Bonchev–Trinajstić information content (AvgIpc) is 2.44. The molecule has 1 rings (SSSR count). The second-order valence-electron chi connectivity index (χ2n) is 5.63. The first-order valence-electron chi connectivity index (χ1n) is 7.77. The SMILES string of the molecule is CCCN(CC(=O)O)C(C)C(=O)N1CCCCC1CC.Cl. The molecule has 1 fully saturated rings. The lowest BCUT2D eigenvalue weighted by Gasteiger charge is -2.39. The van der Waals surface area contributed by atoms with Crippen LogP contribution >= 0.6 is 12.4 Å². The molecule has 5 nitrogen and oxygen atoms in total. The van der Waals surface area contributed by atoms with Crippen molar-refractivity contribution >= 4 is 24.3 Å². The molecule has 1 aliphatic rings. The van der Waals surface area contributed by atoms with Crippen LogP contribution in [0.15, 0.2) is 0 Å². The largest absolute Gasteiger partial charge is 0.480 e. The van der Waals surface area contributed by atoms with Gasteiger partial charge in [-0.2, -0.15) is 0 Å². The van der Waals surface area contributed by atoms with Gasteiger partial charge in [-0.15, -0.1) is 12.4 Å². The Hall–Kier alpha value is -0.810. The maximum Gasteiger partial charge on any atom is 0.317 e. The molecule has 1 saturated heterocycles. The molecule has 1 N–H and O–H groups in total. The molecular weight excluding hydrogens is 292 g/mol. The molecule has 0 bridgehead atoms. The van der Waals surface area contributed by atoms with Gasteiger partial charge in [0.2, 0.25) is 5.91 Å². The molecule has 21 heavy (non-hydrogen) atoms. The van der Waals surface area contributed by atoms with Gasteiger partial charge in [-0.1, -0.05) is 13.8 Å². The highest BCUT2D eigenvalue weighted by molar-refractivity contribution is 5.85. The van der Waals surface area contributed by atoms with Crippen molar-refractivity contribution in [3.05, 3.63) is 0 Å². The van der Waals surface area contributed by atoms with Crippen LogP contribution in [0.5, 0.6) is 0 Å². The summed E-state index contributed by atoms with van der Waals surface area (Å²) in [6, 6.07) is -0.0230. The van der Waals surface area contributed by atoms with Crippen LogP contribution in [0.1, 0.15) is 52.9 Å². The highest BCUT2D eigenvalue weighted by atomic mass is 35.5. The summed E-state index contributed by atoms with van der Waals surface area (Å²) in [5, 5.41) is 8.98. The van der Waals surface area contributed by atoms with Crippen molar-refractivity contribution in [2.45, 2.75) is 65.0 Å². The van der Waals surface area contributed by atoms with Crippen molar-refractivity contribution in [3.63, 3.8) is 0 Å². The van der Waals surface area contributed by atoms with Crippen molar-refractivity contribution in [1.29, 1.82) is 0 Å². The van der Waals surface area contributed by atoms with E-state index in [1.807, 2.05) is 18.7 Å². The summed E-state index contributed by atoms with van der Waals surface area (Å²) >= 11 is 0. The minimum absolute atomic E-state index is 0. The van der Waals surface area contributed by atoms with Crippen LogP contribution in [0.25, 0.3) is 0 Å². The predicted octanol–water partition coefficient (Wildman–Crippen LogP) is 2.38. The Bertz CT molecular complexity index is 339. The Morgan fingerprint density at radius 2 is 2.00 bits per heavy atom. The predicted molar refractivity (Wildman–Crippen MR) is 85.9 cm³/mol. The van der Waals surface area contributed by atoms with E-state index in [9.17, 15) is 9.59 Å². The summed E-state index contributed by atoms with van der Waals surface area (Å²) in [6.45, 7) is 7.34. The van der Waals surface area contributed by atoms with E-state index in [0.29, 0.717) is 12.6 Å². The zero-order chi connectivity index (χ0) is 15.1. The third-order valence-corrected chi connectivity index (χ3v) is 4.14. The number of nitrogens with zero attached hydrogens (tertiary/aromatic N) is 2. The number of hydrogen-bond donors (Lipinski definition) is 1. The topological polar surface area (TPSA) is 60.9 Å². The number of hydrogen-bond acceptors (Lipinski definition) is 3. The zero-order valence-electron chi connectivity index (χ0n) is 13.4. The number of carbonyl (C=O) groups is 2. The summed E-state index contributed by atoms with van der Waals surface area (Å²) in [6.07, 6.45) is 5.14. The van der Waals surface area contributed by atoms with Crippen molar-refractivity contribution in [2.75, 3.05) is 19.6 Å². The number of rotatable bonds is 7. The maximum atomic E-state index is 12.7. The average molecular weight is 321 g/mol. The Kier molecular flexibility index (Phi) is 9.62. The molecule has 0 aromatic rings. The van der Waals surface area contributed by atoms with Gasteiger partial charge in [-0.25, -0.2) is 0 Å². The number of carboxylic acids is 1. The van der Waals surface area contributed by atoms with Gasteiger partial charge in [0.1, 0.15) is 0 Å². The molecule has 1 aliphatic heterocycles. The summed E-state index contributed by atoms with van der Waals surface area (Å²) < 4.78 is 0. The van der Waals surface area contributed by atoms with E-state index in [0.717, 1.165) is 32.2 Å². The third kappa shape index (κ3) is 5.83. The first-order chi connectivity index (χ1) is 9.51. The van der Waals surface area contributed by atoms with Gasteiger partial charge in [0.25, 0.3) is 0 Å². The van der Waals surface area contributed by atoms with Crippen LogP contribution in [0.4, 0.5) is 0 Å². The van der Waals surface area contributed by atoms with E-state index in [4.69, 9.17) is 5.11 Å². The number of carboxylic acid groups (broad SMARTS) is 1. The fourth-order valence-electron chi connectivity index (χ4n) is 2.98. The normalized spacial score (nSPS) is 20.0. The summed E-state index contributed by atoms with van der Waals surface area (Å²) in [5.74, 6) is -0.782. The van der Waals surface area contributed by atoms with E-state index in [2.05, 4.69) is 6.92 Å². The molecular formula is C15H29ClN2O3. The molecule has 1 heterocycles. The maximum absolute atomic E-state index is 12.7. The molecule has 0 aliphatic carbocycles. The van der Waals surface area contributed by atoms with Crippen LogP contribution in [0, 0.1) is 0 Å². The van der Waals surface area contributed by atoms with E-state index < -0.39 is 5.97 Å². The number of amides is 1. The van der Waals surface area contributed by atoms with Gasteiger partial charge in [-0.05, 0) is 45.6 Å². The van der Waals surface area contributed by atoms with Gasteiger partial charge in [-0.3, -0.25) is 14.5 Å². The van der Waals surface area contributed by atoms with Crippen molar-refractivity contribution in [1.82, 2.24) is 9.80 Å². The lowest BCUT2D eigenvalue weighted by Crippen LogP contribution is -2.53. The van der Waals surface area contributed by atoms with Gasteiger partial charge in [0.05, 0.1) is 12.6 Å². The highest BCUT2D eigenvalue weighted by Gasteiger charge is 2.31. The second kappa shape index (κ2) is 10.0. The van der Waals surface area contributed by atoms with E-state index in [-0.39, 0.29) is 30.9 Å². The molecule has 0 spiro atoms. The first kappa shape index (κ1) is 20.2. The number of likely N-dealkylation sites (tertiary alicyclic amines) is 1. The number of carbonyl (C=O) groups excluding carboxylic acids is 1. The molecule has 0 radical (unpaired) electrons. The standard InChI is InChI=1S/C15H28N2O3.ClH/c1-4-9-16(11-14(18)19)12(3)15(20)17-10-7-6-8-13(17)5-2;/h12-13H,4-11H2,1-3H3,(H,18,19);1H. The summed E-state index contributed by atoms with van der Waals surface area (Å²) in [7, 11) is 0. The Balaban J connectivity index is 0.00000400. The quantitative estimate of drug-likeness (QED) is 0.782. The van der Waals surface area contributed by atoms with Crippen LogP contribution < -0.4 is 0 Å². The summed E-state index contributed by atoms with van der Waals surface area (Å²) in [5.41, 5.74) is 0. The molecule has 0 aromatic heterocycles. The zero-order valence-corrected chi connectivity index (χ0v) is 14.2. The van der Waals surface area contributed by atoms with Crippen LogP contribution in [0.3, 0.4) is 0 Å². The number of aliphatic carboxylic acids is 1. The van der Waals surface area contributed by atoms with Gasteiger partial charge >= 0.3 is 5.97 Å². The summed E-state index contributed by atoms with van der Waals surface area (Å²) in [4.78, 5) is 27.3. The van der Waals surface area contributed by atoms with E-state index in [1.54, 1.807) is 4.90 Å². The van der Waals surface area contributed by atoms with Gasteiger partial charge < -0.3 is 10.0 Å². The van der Waals surface area contributed by atoms with Crippen LogP contribution in [-0.4, -0.2) is 58.5 Å². The number of piperidine rings is 1. The molecule has 0 aromatic carbocycles. The number of halogens is 1. The first-order valence-corrected chi connectivity index (χ1v) is 7.77. The van der Waals surface area contributed by atoms with Gasteiger partial charge in [0.15, 0.2) is 0 Å². The molecule has 1 amide bonds. The minimum atomic E-state index is -0.871. The Labute approximate surface area is 134 Å². The Morgan fingerprint density at radius 3 is 2.52 bits per heavy atom. The van der Waals surface area contributed by atoms with Crippen LogP contribution in [-0.2, 0) is 9.59 Å². The molecule has 124 valence electrons. The highest BCUT2D eigenvalue weighted by Crippen LogP contribution is 2.21. The second-order valence-corrected chi connectivity index (χ2v) is 5.63. The lowest BCUT2D eigenvalue weighted by molar-refractivity contribution is -0.144. The van der Waals surface area contributed by atoms with E-state index >= 15 is 0 Å². The van der Waals surface area contributed by atoms with Crippen molar-refractivity contribution < 1.29 is 14.7 Å². The Morgan fingerprint density at radius 1 is 1.33 bits per heavy atom. The molecule has 0 saturated carbocycles. The smallest absolute Gasteiger partial charge is 0.317 e. The fraction of sp³-hybridized carbons (Fsp3) is 0.867. The van der Waals surface area contributed by atoms with Crippen molar-refractivity contribution in [3.8, 4) is 0 Å². The molecule has 2 unspecified atom stereocenters. The fourth-order valence-corrected chi connectivity index (χ4v) is 2.98. The lowest BCUT2D eigenvalue weighted by atomic mass is 9.99. The molecule has 6 heteroatoms. The van der Waals surface area contributed by atoms with Crippen LogP contribution in [0.2, 0.25) is 0 Å². The third-order valence-electron chi connectivity index (χ3n) is 4.14. The molecule has 2 atom stereocenters.